The molecule has 2 aromatic heterocycles. The van der Waals surface area contributed by atoms with Crippen LogP contribution in [0.2, 0.25) is 0 Å². The number of benzene rings is 2. The number of anilines is 3. The lowest BCUT2D eigenvalue weighted by molar-refractivity contribution is -0.111. The Morgan fingerprint density at radius 1 is 1.14 bits per heavy atom. The minimum absolute atomic E-state index is 0.293. The molecule has 35 heavy (non-hydrogen) atoms. The van der Waals surface area contributed by atoms with Gasteiger partial charge in [-0.1, -0.05) is 18.3 Å². The molecule has 7 nitrogen and oxygen atoms in total. The summed E-state index contributed by atoms with van der Waals surface area (Å²) in [5.74, 6) is 0.547. The van der Waals surface area contributed by atoms with Crippen molar-refractivity contribution in [2.45, 2.75) is 5.16 Å². The summed E-state index contributed by atoms with van der Waals surface area (Å²) in [7, 11) is 3.51. The van der Waals surface area contributed by atoms with Crippen molar-refractivity contribution < 1.29 is 13.9 Å². The van der Waals surface area contributed by atoms with Crippen LogP contribution < -0.4 is 15.4 Å². The highest BCUT2D eigenvalue weighted by molar-refractivity contribution is 7.98. The average molecular weight is 490 g/mol. The maximum atomic E-state index is 13.6. The first kappa shape index (κ1) is 24.0. The van der Waals surface area contributed by atoms with E-state index < -0.39 is 0 Å². The van der Waals surface area contributed by atoms with Crippen molar-refractivity contribution in [1.29, 1.82) is 0 Å². The van der Waals surface area contributed by atoms with Crippen LogP contribution in [0.25, 0.3) is 22.5 Å². The number of amides is 1. The van der Waals surface area contributed by atoms with Gasteiger partial charge in [-0.05, 0) is 66.9 Å². The van der Waals surface area contributed by atoms with Crippen LogP contribution in [0.5, 0.6) is 5.75 Å². The lowest BCUT2D eigenvalue weighted by atomic mass is 10.1. The van der Waals surface area contributed by atoms with E-state index in [0.717, 1.165) is 27.7 Å². The van der Waals surface area contributed by atoms with Gasteiger partial charge in [-0.2, -0.15) is 0 Å². The van der Waals surface area contributed by atoms with E-state index in [2.05, 4.69) is 22.2 Å². The van der Waals surface area contributed by atoms with Crippen molar-refractivity contribution in [2.75, 3.05) is 24.0 Å². The molecule has 0 aliphatic carbocycles. The summed E-state index contributed by atoms with van der Waals surface area (Å²) >= 11 is 1.53. The Balaban J connectivity index is 1.73. The van der Waals surface area contributed by atoms with Gasteiger partial charge in [0.05, 0.1) is 24.2 Å². The number of aromatic nitrogens is 3. The molecule has 2 aromatic carbocycles. The van der Waals surface area contributed by atoms with Gasteiger partial charge >= 0.3 is 0 Å². The van der Waals surface area contributed by atoms with E-state index >= 15 is 0 Å². The Bertz CT molecular complexity index is 1390. The first-order chi connectivity index (χ1) is 16.9. The van der Waals surface area contributed by atoms with Gasteiger partial charge < -0.3 is 19.9 Å². The fraction of sp³-hybridized carbons (Fsp3) is 0.115. The molecule has 0 unspecified atom stereocenters. The molecule has 0 aliphatic heterocycles. The Labute approximate surface area is 207 Å². The average Bonchev–Trinajstić information content (AvgIpc) is 3.21. The number of rotatable bonds is 8. The van der Waals surface area contributed by atoms with Crippen LogP contribution in [0, 0.1) is 5.82 Å². The summed E-state index contributed by atoms with van der Waals surface area (Å²) in [6, 6.07) is 15.4. The molecule has 4 rings (SSSR count). The summed E-state index contributed by atoms with van der Waals surface area (Å²) < 4.78 is 21.0. The summed E-state index contributed by atoms with van der Waals surface area (Å²) in [5, 5.41) is 6.83. The zero-order valence-electron chi connectivity index (χ0n) is 19.5. The number of imidazole rings is 1. The summed E-state index contributed by atoms with van der Waals surface area (Å²) in [6.07, 6.45) is 4.86. The highest BCUT2D eigenvalue weighted by atomic mass is 32.2. The van der Waals surface area contributed by atoms with Crippen LogP contribution in [0.15, 0.2) is 78.6 Å². The Morgan fingerprint density at radius 3 is 2.60 bits per heavy atom. The molecule has 2 N–H and O–H groups in total. The zero-order chi connectivity index (χ0) is 24.9. The third-order valence-electron chi connectivity index (χ3n) is 5.30. The van der Waals surface area contributed by atoms with Gasteiger partial charge in [0.15, 0.2) is 5.16 Å². The van der Waals surface area contributed by atoms with Crippen LogP contribution in [-0.2, 0) is 11.8 Å². The molecule has 178 valence electrons. The molecule has 0 fully saturated rings. The molecule has 1 amide bonds. The highest BCUT2D eigenvalue weighted by Crippen LogP contribution is 2.36. The number of ether oxygens (including phenoxy) is 1. The van der Waals surface area contributed by atoms with Crippen molar-refractivity contribution in [1.82, 2.24) is 14.5 Å². The third kappa shape index (κ3) is 5.20. The van der Waals surface area contributed by atoms with Crippen LogP contribution >= 0.6 is 11.8 Å². The number of methoxy groups -OCH3 is 1. The van der Waals surface area contributed by atoms with Gasteiger partial charge in [-0.3, -0.25) is 4.79 Å². The van der Waals surface area contributed by atoms with Crippen molar-refractivity contribution >= 4 is 34.9 Å². The van der Waals surface area contributed by atoms with E-state index in [1.54, 1.807) is 43.6 Å². The second-order valence-corrected chi connectivity index (χ2v) is 8.30. The molecule has 4 aromatic rings. The lowest BCUT2D eigenvalue weighted by Gasteiger charge is -2.13. The topological polar surface area (TPSA) is 81.1 Å². The number of thioether (sulfide) groups is 1. The van der Waals surface area contributed by atoms with Gasteiger partial charge in [0, 0.05) is 30.1 Å². The molecule has 0 saturated heterocycles. The van der Waals surface area contributed by atoms with E-state index in [0.29, 0.717) is 22.9 Å². The second-order valence-electron chi connectivity index (χ2n) is 7.52. The smallest absolute Gasteiger partial charge is 0.247 e. The van der Waals surface area contributed by atoms with Gasteiger partial charge in [0.1, 0.15) is 17.4 Å². The van der Waals surface area contributed by atoms with Gasteiger partial charge in [-0.15, -0.1) is 0 Å². The molecular weight excluding hydrogens is 465 g/mol. The van der Waals surface area contributed by atoms with Crippen molar-refractivity contribution in [3.63, 3.8) is 0 Å². The van der Waals surface area contributed by atoms with Crippen molar-refractivity contribution in [2.24, 2.45) is 7.05 Å². The SMILES string of the molecule is C=CC(=O)Nc1ccc(OC)c(Nc2cc(-c3nc(SC)n(C)c3-c3ccc(F)cc3)ccn2)c1. The van der Waals surface area contributed by atoms with Gasteiger partial charge in [-0.25, -0.2) is 14.4 Å². The maximum absolute atomic E-state index is 13.6. The van der Waals surface area contributed by atoms with Crippen LogP contribution in [-0.4, -0.2) is 33.8 Å². The van der Waals surface area contributed by atoms with Gasteiger partial charge in [0.2, 0.25) is 5.91 Å². The number of carbonyl (C=O) groups excluding carboxylic acids is 1. The van der Waals surface area contributed by atoms with E-state index in [9.17, 15) is 9.18 Å². The van der Waals surface area contributed by atoms with Crippen LogP contribution in [0.3, 0.4) is 0 Å². The molecule has 9 heteroatoms. The minimum Gasteiger partial charge on any atom is -0.495 e. The van der Waals surface area contributed by atoms with Crippen molar-refractivity contribution in [3.05, 3.63) is 79.3 Å². The first-order valence-corrected chi connectivity index (χ1v) is 11.9. The fourth-order valence-corrected chi connectivity index (χ4v) is 4.21. The standard InChI is InChI=1S/C26H24FN5O2S/c1-5-23(33)29-19-10-11-21(34-3)20(15-19)30-22-14-17(12-13-28-22)24-25(32(2)26(31-24)35-4)16-6-8-18(27)9-7-16/h5-15H,1H2,2-4H3,(H,28,30)(H,29,33). The predicted molar refractivity (Wildman–Crippen MR) is 139 cm³/mol. The quantitative estimate of drug-likeness (QED) is 0.237. The normalized spacial score (nSPS) is 10.6. The summed E-state index contributed by atoms with van der Waals surface area (Å²) in [6.45, 7) is 3.48. The molecule has 0 bridgehead atoms. The van der Waals surface area contributed by atoms with E-state index in [1.807, 2.05) is 30.0 Å². The van der Waals surface area contributed by atoms with E-state index in [-0.39, 0.29) is 11.7 Å². The maximum Gasteiger partial charge on any atom is 0.247 e. The summed E-state index contributed by atoms with van der Waals surface area (Å²) in [5.41, 5.74) is 4.54. The summed E-state index contributed by atoms with van der Waals surface area (Å²) in [4.78, 5) is 21.0. The molecule has 0 spiro atoms. The van der Waals surface area contributed by atoms with Crippen LogP contribution in [0.4, 0.5) is 21.6 Å². The monoisotopic (exact) mass is 489 g/mol. The Kier molecular flexibility index (Phi) is 7.17. The molecular formula is C26H24FN5O2S. The molecule has 2 heterocycles. The molecule has 0 saturated carbocycles. The largest absolute Gasteiger partial charge is 0.495 e. The van der Waals surface area contributed by atoms with Crippen LogP contribution in [0.1, 0.15) is 0 Å². The molecule has 0 atom stereocenters. The number of hydrogen-bond donors (Lipinski definition) is 2. The van der Waals surface area contributed by atoms with Crippen molar-refractivity contribution in [3.8, 4) is 28.3 Å². The number of halogens is 1. The number of carbonyl (C=O) groups is 1. The lowest BCUT2D eigenvalue weighted by Crippen LogP contribution is -2.07. The third-order valence-corrected chi connectivity index (χ3v) is 6.03. The Hall–Kier alpha value is -4.11. The zero-order valence-corrected chi connectivity index (χ0v) is 20.3. The second kappa shape index (κ2) is 10.4. The fourth-order valence-electron chi connectivity index (χ4n) is 3.66. The predicted octanol–water partition coefficient (Wildman–Crippen LogP) is 5.89. The first-order valence-electron chi connectivity index (χ1n) is 10.6. The number of nitrogens with one attached hydrogen (secondary N) is 2. The van der Waals surface area contributed by atoms with E-state index in [1.165, 1.54) is 30.0 Å². The number of hydrogen-bond acceptors (Lipinski definition) is 6. The number of pyridine rings is 1. The van der Waals surface area contributed by atoms with Gasteiger partial charge in [0.25, 0.3) is 0 Å². The molecule has 0 radical (unpaired) electrons. The number of nitrogens with zero attached hydrogens (tertiary/aromatic N) is 3. The van der Waals surface area contributed by atoms with E-state index in [4.69, 9.17) is 9.72 Å². The Morgan fingerprint density at radius 2 is 1.91 bits per heavy atom. The highest BCUT2D eigenvalue weighted by Gasteiger charge is 2.18. The minimum atomic E-state index is -0.311. The molecule has 0 aliphatic rings.